The Kier molecular flexibility index (Phi) is 3.31. The molecule has 0 spiro atoms. The van der Waals surface area contributed by atoms with Gasteiger partial charge in [0.1, 0.15) is 5.76 Å². The van der Waals surface area contributed by atoms with Gasteiger partial charge >= 0.3 is 0 Å². The zero-order valence-corrected chi connectivity index (χ0v) is 7.45. The van der Waals surface area contributed by atoms with Gasteiger partial charge in [-0.25, -0.2) is 0 Å². The molecule has 0 aliphatic heterocycles. The lowest BCUT2D eigenvalue weighted by molar-refractivity contribution is 0.185. The molecule has 3 heteroatoms. The maximum atomic E-state index is 9.01. The monoisotopic (exact) mass is 169 g/mol. The molecule has 12 heavy (non-hydrogen) atoms. The lowest BCUT2D eigenvalue weighted by atomic mass is 10.2. The number of nitrogens with one attached hydrogen (secondary N) is 1. The summed E-state index contributed by atoms with van der Waals surface area (Å²) in [5, 5.41) is 12.1. The van der Waals surface area contributed by atoms with Gasteiger partial charge in [-0.3, -0.25) is 0 Å². The van der Waals surface area contributed by atoms with Crippen LogP contribution >= 0.6 is 0 Å². The van der Waals surface area contributed by atoms with Crippen LogP contribution in [0.3, 0.4) is 0 Å². The first-order valence-electron chi connectivity index (χ1n) is 4.15. The lowest BCUT2D eigenvalue weighted by Crippen LogP contribution is -2.26. The largest absolute Gasteiger partial charge is 0.468 e. The summed E-state index contributed by atoms with van der Waals surface area (Å²) in [6.07, 6.45) is 1.33. The molecule has 0 aliphatic rings. The average Bonchev–Trinajstić information content (AvgIpc) is 2.51. The molecule has 1 heterocycles. The molecular formula is C9H15NO2. The van der Waals surface area contributed by atoms with Crippen molar-refractivity contribution in [1.29, 1.82) is 0 Å². The molecule has 68 valence electrons. The van der Waals surface area contributed by atoms with Crippen molar-refractivity contribution >= 4 is 0 Å². The van der Waals surface area contributed by atoms with E-state index in [9.17, 15) is 0 Å². The first-order chi connectivity index (χ1) is 5.70. The van der Waals surface area contributed by atoms with Crippen LogP contribution in [0.1, 0.15) is 25.6 Å². The van der Waals surface area contributed by atoms with E-state index in [1.165, 1.54) is 0 Å². The van der Waals surface area contributed by atoms with Crippen LogP contribution in [-0.4, -0.2) is 17.8 Å². The third-order valence-corrected chi connectivity index (χ3v) is 1.69. The highest BCUT2D eigenvalue weighted by Crippen LogP contribution is 2.11. The summed E-state index contributed by atoms with van der Waals surface area (Å²) in [4.78, 5) is 0. The van der Waals surface area contributed by atoms with Gasteiger partial charge in [-0.05, 0) is 26.0 Å². The van der Waals surface area contributed by atoms with Crippen LogP contribution in [-0.2, 0) is 0 Å². The van der Waals surface area contributed by atoms with Crippen molar-refractivity contribution in [1.82, 2.24) is 5.32 Å². The van der Waals surface area contributed by atoms with Crippen molar-refractivity contribution in [2.24, 2.45) is 0 Å². The molecule has 0 aromatic carbocycles. The van der Waals surface area contributed by atoms with Gasteiger partial charge < -0.3 is 14.8 Å². The minimum atomic E-state index is -0.317. The van der Waals surface area contributed by atoms with Crippen LogP contribution in [0.25, 0.3) is 0 Å². The molecule has 2 N–H and O–H groups in total. The van der Waals surface area contributed by atoms with E-state index in [1.807, 2.05) is 19.1 Å². The van der Waals surface area contributed by atoms with Crippen molar-refractivity contribution < 1.29 is 9.52 Å². The molecule has 0 saturated carbocycles. The molecule has 0 unspecified atom stereocenters. The maximum Gasteiger partial charge on any atom is 0.120 e. The molecule has 0 amide bonds. The molecule has 2 atom stereocenters. The standard InChI is InChI=1S/C9H15NO2/c1-7(11)6-10-8(2)9-4-3-5-12-9/h3-5,7-8,10-11H,6H2,1-2H3/t7-,8-/m0/s1. The number of hydrogen-bond donors (Lipinski definition) is 2. The van der Waals surface area contributed by atoms with Gasteiger partial charge in [-0.2, -0.15) is 0 Å². The summed E-state index contributed by atoms with van der Waals surface area (Å²) in [5.74, 6) is 0.899. The second-order valence-corrected chi connectivity index (χ2v) is 2.99. The number of rotatable bonds is 4. The van der Waals surface area contributed by atoms with Gasteiger partial charge in [0.05, 0.1) is 18.4 Å². The molecule has 3 nitrogen and oxygen atoms in total. The van der Waals surface area contributed by atoms with Gasteiger partial charge in [0.25, 0.3) is 0 Å². The van der Waals surface area contributed by atoms with Crippen LogP contribution in [0.2, 0.25) is 0 Å². The Balaban J connectivity index is 2.34. The molecular weight excluding hydrogens is 154 g/mol. The van der Waals surface area contributed by atoms with Crippen molar-refractivity contribution in [3.05, 3.63) is 24.2 Å². The minimum absolute atomic E-state index is 0.162. The fourth-order valence-electron chi connectivity index (χ4n) is 0.986. The van der Waals surface area contributed by atoms with Crippen molar-refractivity contribution in [3.63, 3.8) is 0 Å². The summed E-state index contributed by atoms with van der Waals surface area (Å²) in [5.41, 5.74) is 0. The third kappa shape index (κ3) is 2.68. The number of furan rings is 1. The summed E-state index contributed by atoms with van der Waals surface area (Å²) in [6.45, 7) is 4.34. The fraction of sp³-hybridized carbons (Fsp3) is 0.556. The normalized spacial score (nSPS) is 15.9. The molecule has 0 fully saturated rings. The summed E-state index contributed by atoms with van der Waals surface area (Å²) >= 11 is 0. The van der Waals surface area contributed by atoms with Gasteiger partial charge in [0.15, 0.2) is 0 Å². The van der Waals surface area contributed by atoms with Crippen LogP contribution in [0.5, 0.6) is 0 Å². The molecule has 0 bridgehead atoms. The number of aliphatic hydroxyl groups is 1. The van der Waals surface area contributed by atoms with E-state index in [-0.39, 0.29) is 12.1 Å². The zero-order valence-electron chi connectivity index (χ0n) is 7.45. The van der Waals surface area contributed by atoms with E-state index < -0.39 is 0 Å². The topological polar surface area (TPSA) is 45.4 Å². The van der Waals surface area contributed by atoms with E-state index in [0.717, 1.165) is 5.76 Å². The van der Waals surface area contributed by atoms with E-state index in [4.69, 9.17) is 9.52 Å². The van der Waals surface area contributed by atoms with Crippen LogP contribution in [0.4, 0.5) is 0 Å². The van der Waals surface area contributed by atoms with Gasteiger partial charge in [0, 0.05) is 6.54 Å². The first kappa shape index (κ1) is 9.29. The Morgan fingerprint density at radius 1 is 1.58 bits per heavy atom. The molecule has 1 rings (SSSR count). The number of hydrogen-bond acceptors (Lipinski definition) is 3. The Morgan fingerprint density at radius 2 is 2.33 bits per heavy atom. The second kappa shape index (κ2) is 4.28. The van der Waals surface area contributed by atoms with E-state index >= 15 is 0 Å². The van der Waals surface area contributed by atoms with Crippen LogP contribution in [0.15, 0.2) is 22.8 Å². The van der Waals surface area contributed by atoms with Crippen molar-refractivity contribution in [2.45, 2.75) is 26.0 Å². The van der Waals surface area contributed by atoms with Gasteiger partial charge in [-0.15, -0.1) is 0 Å². The maximum absolute atomic E-state index is 9.01. The van der Waals surface area contributed by atoms with Gasteiger partial charge in [0.2, 0.25) is 0 Å². The summed E-state index contributed by atoms with van der Waals surface area (Å²) in [6, 6.07) is 3.94. The Labute approximate surface area is 72.4 Å². The fourth-order valence-corrected chi connectivity index (χ4v) is 0.986. The zero-order chi connectivity index (χ0) is 8.97. The molecule has 0 saturated heterocycles. The second-order valence-electron chi connectivity index (χ2n) is 2.99. The Morgan fingerprint density at radius 3 is 2.83 bits per heavy atom. The molecule has 0 radical (unpaired) electrons. The highest BCUT2D eigenvalue weighted by molar-refractivity contribution is 5.02. The molecule has 1 aromatic heterocycles. The Bertz CT molecular complexity index is 206. The van der Waals surface area contributed by atoms with Crippen molar-refractivity contribution in [2.75, 3.05) is 6.54 Å². The highest BCUT2D eigenvalue weighted by Gasteiger charge is 2.07. The van der Waals surface area contributed by atoms with Crippen LogP contribution < -0.4 is 5.32 Å². The summed E-state index contributed by atoms with van der Waals surface area (Å²) in [7, 11) is 0. The Hall–Kier alpha value is -0.800. The average molecular weight is 169 g/mol. The van der Waals surface area contributed by atoms with E-state index in [2.05, 4.69) is 5.32 Å². The van der Waals surface area contributed by atoms with Crippen molar-refractivity contribution in [3.8, 4) is 0 Å². The summed E-state index contributed by atoms with van der Waals surface area (Å²) < 4.78 is 5.18. The third-order valence-electron chi connectivity index (χ3n) is 1.69. The minimum Gasteiger partial charge on any atom is -0.468 e. The predicted octanol–water partition coefficient (Wildman–Crippen LogP) is 1.31. The SMILES string of the molecule is C[C@H](O)CN[C@@H](C)c1ccco1. The number of aliphatic hydroxyl groups excluding tert-OH is 1. The van der Waals surface area contributed by atoms with E-state index in [1.54, 1.807) is 13.2 Å². The molecule has 0 aliphatic carbocycles. The van der Waals surface area contributed by atoms with E-state index in [0.29, 0.717) is 6.54 Å². The predicted molar refractivity (Wildman–Crippen MR) is 46.8 cm³/mol. The first-order valence-corrected chi connectivity index (χ1v) is 4.15. The van der Waals surface area contributed by atoms with Crippen LogP contribution in [0, 0.1) is 0 Å². The highest BCUT2D eigenvalue weighted by atomic mass is 16.3. The smallest absolute Gasteiger partial charge is 0.120 e. The molecule has 1 aromatic rings. The van der Waals surface area contributed by atoms with Gasteiger partial charge in [-0.1, -0.05) is 0 Å². The lowest BCUT2D eigenvalue weighted by Gasteiger charge is -2.12. The quantitative estimate of drug-likeness (QED) is 0.714.